The van der Waals surface area contributed by atoms with Gasteiger partial charge in [0.15, 0.2) is 0 Å². The first-order valence-electron chi connectivity index (χ1n) is 9.68. The van der Waals surface area contributed by atoms with Crippen LogP contribution in [0, 0.1) is 11.3 Å². The Morgan fingerprint density at radius 2 is 1.86 bits per heavy atom. The van der Waals surface area contributed by atoms with Crippen molar-refractivity contribution < 1.29 is 9.53 Å². The van der Waals surface area contributed by atoms with Crippen LogP contribution in [-0.2, 0) is 23.5 Å². The van der Waals surface area contributed by atoms with Crippen molar-refractivity contribution in [3.05, 3.63) is 71.4 Å². The summed E-state index contributed by atoms with van der Waals surface area (Å²) in [4.78, 5) is 15.2. The van der Waals surface area contributed by atoms with Gasteiger partial charge in [-0.3, -0.25) is 4.79 Å². The van der Waals surface area contributed by atoms with Gasteiger partial charge < -0.3 is 14.2 Å². The number of carbonyl (C=O) groups excluding carboxylic acids is 1. The molecule has 0 unspecified atom stereocenters. The van der Waals surface area contributed by atoms with Crippen LogP contribution in [0.15, 0.2) is 54.7 Å². The van der Waals surface area contributed by atoms with E-state index in [0.29, 0.717) is 25.3 Å². The molecule has 1 fully saturated rings. The molecule has 1 spiro atoms. The zero-order chi connectivity index (χ0) is 19.1. The fourth-order valence-corrected chi connectivity index (χ4v) is 4.66. The lowest BCUT2D eigenvalue weighted by Crippen LogP contribution is -2.45. The van der Waals surface area contributed by atoms with Crippen molar-refractivity contribution in [2.45, 2.75) is 31.6 Å². The summed E-state index contributed by atoms with van der Waals surface area (Å²) in [5, 5.41) is 10.0. The summed E-state index contributed by atoms with van der Waals surface area (Å²) < 4.78 is 8.07. The number of carbonyl (C=O) groups is 1. The number of piperidine rings is 1. The van der Waals surface area contributed by atoms with E-state index < -0.39 is 0 Å². The third-order valence-electron chi connectivity index (χ3n) is 6.13. The molecule has 1 amide bonds. The Balaban J connectivity index is 1.40. The molecule has 5 rings (SSSR count). The fraction of sp³-hybridized carbons (Fsp3) is 0.304. The first kappa shape index (κ1) is 17.0. The second-order valence-corrected chi connectivity index (χ2v) is 7.58. The monoisotopic (exact) mass is 371 g/mol. The van der Waals surface area contributed by atoms with E-state index in [2.05, 4.69) is 30.3 Å². The maximum atomic E-state index is 13.3. The number of hydrogen-bond acceptors (Lipinski definition) is 3. The number of likely N-dealkylation sites (tertiary alicyclic amines) is 1. The van der Waals surface area contributed by atoms with Gasteiger partial charge in [0.05, 0.1) is 23.8 Å². The number of fused-ring (bicyclic) bond motifs is 3. The molecule has 0 radical (unpaired) electrons. The quantitative estimate of drug-likeness (QED) is 0.688. The molecule has 5 heteroatoms. The van der Waals surface area contributed by atoms with Gasteiger partial charge in [-0.25, -0.2) is 0 Å². The van der Waals surface area contributed by atoms with Crippen LogP contribution in [0.2, 0.25) is 0 Å². The van der Waals surface area contributed by atoms with Crippen molar-refractivity contribution in [1.82, 2.24) is 9.47 Å². The molecule has 0 bridgehead atoms. The fourth-order valence-electron chi connectivity index (χ4n) is 4.66. The van der Waals surface area contributed by atoms with E-state index >= 15 is 0 Å². The maximum absolute atomic E-state index is 13.3. The van der Waals surface area contributed by atoms with Gasteiger partial charge in [0.2, 0.25) is 0 Å². The Morgan fingerprint density at radius 3 is 2.68 bits per heavy atom. The van der Waals surface area contributed by atoms with Gasteiger partial charge in [-0.2, -0.15) is 5.26 Å². The van der Waals surface area contributed by atoms with E-state index in [-0.39, 0.29) is 18.1 Å². The highest BCUT2D eigenvalue weighted by molar-refractivity contribution is 6.07. The normalized spacial score (nSPS) is 17.6. The predicted octanol–water partition coefficient (Wildman–Crippen LogP) is 3.83. The van der Waals surface area contributed by atoms with Crippen LogP contribution < -0.4 is 0 Å². The van der Waals surface area contributed by atoms with Crippen LogP contribution in [0.5, 0.6) is 0 Å². The van der Waals surface area contributed by atoms with Gasteiger partial charge in [0.25, 0.3) is 5.91 Å². The Bertz CT molecular complexity index is 1100. The summed E-state index contributed by atoms with van der Waals surface area (Å²) in [6, 6.07) is 18.4. The SMILES string of the molecule is N#CCn1cc(C(=O)N2CCC3(CC2)OCc2ccccc23)c2ccccc21. The number of hydrogen-bond donors (Lipinski definition) is 0. The summed E-state index contributed by atoms with van der Waals surface area (Å²) in [5.41, 5.74) is 3.90. The Hall–Kier alpha value is -3.10. The molecule has 0 N–H and O–H groups in total. The number of nitriles is 1. The topological polar surface area (TPSA) is 58.3 Å². The lowest BCUT2D eigenvalue weighted by atomic mass is 9.83. The van der Waals surface area contributed by atoms with Crippen LogP contribution in [-0.4, -0.2) is 28.5 Å². The molecule has 1 saturated heterocycles. The zero-order valence-corrected chi connectivity index (χ0v) is 15.6. The smallest absolute Gasteiger partial charge is 0.256 e. The van der Waals surface area contributed by atoms with E-state index in [4.69, 9.17) is 10.00 Å². The summed E-state index contributed by atoms with van der Waals surface area (Å²) in [6.45, 7) is 2.24. The van der Waals surface area contributed by atoms with Crippen LogP contribution >= 0.6 is 0 Å². The molecule has 2 aliphatic rings. The average Bonchev–Trinajstić information content (AvgIpc) is 3.28. The number of benzene rings is 2. The van der Waals surface area contributed by atoms with Crippen molar-refractivity contribution in [3.63, 3.8) is 0 Å². The maximum Gasteiger partial charge on any atom is 0.256 e. The minimum Gasteiger partial charge on any atom is -0.365 e. The molecule has 1 aromatic heterocycles. The molecule has 0 saturated carbocycles. The Kier molecular flexibility index (Phi) is 3.96. The van der Waals surface area contributed by atoms with E-state index in [1.807, 2.05) is 39.9 Å². The van der Waals surface area contributed by atoms with Crippen molar-refractivity contribution in [3.8, 4) is 6.07 Å². The molecule has 3 aromatic rings. The third kappa shape index (κ3) is 2.53. The van der Waals surface area contributed by atoms with Gasteiger partial charge in [0.1, 0.15) is 6.54 Å². The standard InChI is InChI=1S/C23H21N3O2/c24-11-14-26-15-19(18-6-2-4-8-21(18)26)22(27)25-12-9-23(10-13-25)20-7-3-1-5-17(20)16-28-23/h1-8,15H,9-10,12-14,16H2. The number of para-hydroxylation sites is 1. The molecule has 2 aliphatic heterocycles. The number of amides is 1. The van der Waals surface area contributed by atoms with Crippen molar-refractivity contribution in [2.75, 3.05) is 13.1 Å². The highest BCUT2D eigenvalue weighted by Gasteiger charge is 2.43. The highest BCUT2D eigenvalue weighted by Crippen LogP contribution is 2.44. The van der Waals surface area contributed by atoms with Crippen molar-refractivity contribution in [2.24, 2.45) is 0 Å². The number of aromatic nitrogens is 1. The number of ether oxygens (including phenoxy) is 1. The van der Waals surface area contributed by atoms with Crippen molar-refractivity contribution >= 4 is 16.8 Å². The Morgan fingerprint density at radius 1 is 1.11 bits per heavy atom. The van der Waals surface area contributed by atoms with Gasteiger partial charge in [-0.15, -0.1) is 0 Å². The third-order valence-corrected chi connectivity index (χ3v) is 6.13. The minimum absolute atomic E-state index is 0.0361. The second kappa shape index (κ2) is 6.50. The van der Waals surface area contributed by atoms with Crippen LogP contribution in [0.25, 0.3) is 10.9 Å². The van der Waals surface area contributed by atoms with Crippen LogP contribution in [0.4, 0.5) is 0 Å². The number of rotatable bonds is 2. The molecule has 140 valence electrons. The largest absolute Gasteiger partial charge is 0.365 e. The molecule has 5 nitrogen and oxygen atoms in total. The highest BCUT2D eigenvalue weighted by atomic mass is 16.5. The Labute approximate surface area is 163 Å². The first-order valence-corrected chi connectivity index (χ1v) is 9.68. The van der Waals surface area contributed by atoms with Crippen LogP contribution in [0.1, 0.15) is 34.3 Å². The first-order chi connectivity index (χ1) is 13.7. The van der Waals surface area contributed by atoms with Gasteiger partial charge in [-0.1, -0.05) is 42.5 Å². The molecule has 0 aliphatic carbocycles. The molecular weight excluding hydrogens is 350 g/mol. The minimum atomic E-state index is -0.248. The van der Waals surface area contributed by atoms with Crippen LogP contribution in [0.3, 0.4) is 0 Å². The summed E-state index contributed by atoms with van der Waals surface area (Å²) >= 11 is 0. The van der Waals surface area contributed by atoms with Gasteiger partial charge in [0, 0.05) is 30.2 Å². The molecule has 2 aromatic carbocycles. The van der Waals surface area contributed by atoms with Gasteiger partial charge >= 0.3 is 0 Å². The van der Waals surface area contributed by atoms with Crippen molar-refractivity contribution in [1.29, 1.82) is 5.26 Å². The van der Waals surface area contributed by atoms with E-state index in [1.54, 1.807) is 0 Å². The average molecular weight is 371 g/mol. The van der Waals surface area contributed by atoms with E-state index in [0.717, 1.165) is 23.7 Å². The van der Waals surface area contributed by atoms with E-state index in [9.17, 15) is 4.79 Å². The summed E-state index contributed by atoms with van der Waals surface area (Å²) in [6.07, 6.45) is 3.45. The van der Waals surface area contributed by atoms with E-state index in [1.165, 1.54) is 11.1 Å². The molecule has 28 heavy (non-hydrogen) atoms. The second-order valence-electron chi connectivity index (χ2n) is 7.58. The number of nitrogens with zero attached hydrogens (tertiary/aromatic N) is 3. The lowest BCUT2D eigenvalue weighted by Gasteiger charge is -2.39. The predicted molar refractivity (Wildman–Crippen MR) is 106 cm³/mol. The molecule has 0 atom stereocenters. The summed E-state index contributed by atoms with van der Waals surface area (Å²) in [5.74, 6) is 0.0361. The molecule has 3 heterocycles. The van der Waals surface area contributed by atoms with Gasteiger partial charge in [-0.05, 0) is 30.0 Å². The molecular formula is C23H21N3O2. The summed E-state index contributed by atoms with van der Waals surface area (Å²) in [7, 11) is 0. The lowest BCUT2D eigenvalue weighted by molar-refractivity contribution is -0.0741. The zero-order valence-electron chi connectivity index (χ0n) is 15.6.